The maximum absolute atomic E-state index is 14.0. The Balaban J connectivity index is 1.47. The number of methoxy groups -OCH3 is 1. The van der Waals surface area contributed by atoms with E-state index >= 15 is 0 Å². The zero-order valence-electron chi connectivity index (χ0n) is 25.0. The number of nitrogens with two attached hydrogens (primary N) is 1. The average molecular weight is 593 g/mol. The van der Waals surface area contributed by atoms with Gasteiger partial charge in [-0.15, -0.1) is 0 Å². The standard InChI is InChI=1S/C32H40N4O7/c1-4-5-11-36(23-8-6-7-21(12-23)15-33)29(37)18-35-17-24(22-13-26(40-3)31-27(14-22)41-19-42-31)30(32(38)39)25(35)9-10-28-34-16-20(2)43-28/h6-8,12-14,16,24-25,30H,4-5,9-11,15,17-19,33H2,1-3H3,(H,38,39)/t24-,25+,30-/m1/s1. The summed E-state index contributed by atoms with van der Waals surface area (Å²) in [5.41, 5.74) is 8.38. The lowest BCUT2D eigenvalue weighted by molar-refractivity contribution is -0.143. The Kier molecular flexibility index (Phi) is 9.52. The van der Waals surface area contributed by atoms with Crippen LogP contribution in [0.15, 0.2) is 47.0 Å². The number of aryl methyl sites for hydroxylation is 2. The molecule has 0 saturated carbocycles. The van der Waals surface area contributed by atoms with Crippen LogP contribution >= 0.6 is 0 Å². The van der Waals surface area contributed by atoms with Gasteiger partial charge in [-0.3, -0.25) is 14.5 Å². The van der Waals surface area contributed by atoms with Gasteiger partial charge < -0.3 is 34.4 Å². The molecule has 0 radical (unpaired) electrons. The molecule has 5 rings (SSSR count). The third kappa shape index (κ3) is 6.62. The number of amides is 1. The molecule has 3 heterocycles. The van der Waals surface area contributed by atoms with Gasteiger partial charge in [-0.05, 0) is 55.2 Å². The molecule has 1 saturated heterocycles. The molecule has 1 amide bonds. The number of aromatic nitrogens is 1. The van der Waals surface area contributed by atoms with E-state index in [0.717, 1.165) is 29.7 Å². The van der Waals surface area contributed by atoms with E-state index < -0.39 is 23.8 Å². The van der Waals surface area contributed by atoms with Gasteiger partial charge in [-0.25, -0.2) is 4.98 Å². The van der Waals surface area contributed by atoms with Crippen molar-refractivity contribution in [3.8, 4) is 17.2 Å². The molecule has 0 bridgehead atoms. The van der Waals surface area contributed by atoms with Gasteiger partial charge >= 0.3 is 5.97 Å². The molecule has 0 aliphatic carbocycles. The molecular weight excluding hydrogens is 552 g/mol. The van der Waals surface area contributed by atoms with Crippen LogP contribution in [0.2, 0.25) is 0 Å². The largest absolute Gasteiger partial charge is 0.493 e. The molecule has 230 valence electrons. The number of aliphatic carboxylic acids is 1. The van der Waals surface area contributed by atoms with Crippen LogP contribution in [0.3, 0.4) is 0 Å². The van der Waals surface area contributed by atoms with Gasteiger partial charge in [0.1, 0.15) is 5.76 Å². The Morgan fingerprint density at radius 3 is 2.77 bits per heavy atom. The minimum Gasteiger partial charge on any atom is -0.493 e. The molecule has 0 unspecified atom stereocenters. The van der Waals surface area contributed by atoms with Crippen LogP contribution in [-0.2, 0) is 22.6 Å². The number of anilines is 1. The minimum absolute atomic E-state index is 0.0633. The first kappa shape index (κ1) is 30.4. The van der Waals surface area contributed by atoms with Crippen molar-refractivity contribution >= 4 is 17.6 Å². The number of fused-ring (bicyclic) bond motifs is 1. The molecule has 2 aliphatic rings. The number of carboxylic acid groups (broad SMARTS) is 1. The van der Waals surface area contributed by atoms with Gasteiger partial charge in [0.15, 0.2) is 17.4 Å². The van der Waals surface area contributed by atoms with Crippen molar-refractivity contribution in [3.05, 3.63) is 65.4 Å². The van der Waals surface area contributed by atoms with Crippen molar-refractivity contribution in [2.45, 2.75) is 58.0 Å². The number of benzene rings is 2. The molecule has 2 aromatic carbocycles. The molecule has 11 nitrogen and oxygen atoms in total. The smallest absolute Gasteiger partial charge is 0.308 e. The van der Waals surface area contributed by atoms with Crippen molar-refractivity contribution in [2.24, 2.45) is 11.7 Å². The minimum atomic E-state index is -0.927. The maximum atomic E-state index is 14.0. The van der Waals surface area contributed by atoms with E-state index in [1.807, 2.05) is 48.2 Å². The number of ether oxygens (including phenoxy) is 3. The summed E-state index contributed by atoms with van der Waals surface area (Å²) in [7, 11) is 1.54. The Hall–Kier alpha value is -4.09. The second-order valence-electron chi connectivity index (χ2n) is 11.1. The number of oxazole rings is 1. The van der Waals surface area contributed by atoms with E-state index in [9.17, 15) is 14.7 Å². The summed E-state index contributed by atoms with van der Waals surface area (Å²) in [6, 6.07) is 10.9. The van der Waals surface area contributed by atoms with Crippen molar-refractivity contribution in [3.63, 3.8) is 0 Å². The van der Waals surface area contributed by atoms with Gasteiger partial charge in [0.25, 0.3) is 0 Å². The fourth-order valence-electron chi connectivity index (χ4n) is 6.17. The summed E-state index contributed by atoms with van der Waals surface area (Å²) in [6.07, 6.45) is 4.32. The third-order valence-electron chi connectivity index (χ3n) is 8.30. The Bertz CT molecular complexity index is 1440. The lowest BCUT2D eigenvalue weighted by Crippen LogP contribution is -2.44. The molecule has 1 aromatic heterocycles. The SMILES string of the molecule is CCCCN(C(=O)CN1C[C@H](c2cc(OC)c3c(c2)OCO3)[C@@H](C(=O)O)[C@@H]1CCc1ncc(C)o1)c1cccc(CN)c1. The number of likely N-dealkylation sites (tertiary alicyclic amines) is 1. The van der Waals surface area contributed by atoms with E-state index in [-0.39, 0.29) is 19.2 Å². The van der Waals surface area contributed by atoms with Crippen LogP contribution < -0.4 is 24.8 Å². The monoisotopic (exact) mass is 592 g/mol. The highest BCUT2D eigenvalue weighted by Gasteiger charge is 2.47. The lowest BCUT2D eigenvalue weighted by Gasteiger charge is -2.30. The summed E-state index contributed by atoms with van der Waals surface area (Å²) in [5, 5.41) is 10.6. The third-order valence-corrected chi connectivity index (χ3v) is 8.30. The molecule has 3 atom stereocenters. The van der Waals surface area contributed by atoms with E-state index in [2.05, 4.69) is 11.9 Å². The second-order valence-corrected chi connectivity index (χ2v) is 11.1. The number of hydrogen-bond donors (Lipinski definition) is 2. The first-order valence-corrected chi connectivity index (χ1v) is 14.8. The average Bonchev–Trinajstić information content (AvgIpc) is 3.74. The van der Waals surface area contributed by atoms with E-state index in [0.29, 0.717) is 61.4 Å². The number of nitrogens with zero attached hydrogens (tertiary/aromatic N) is 3. The molecule has 3 aromatic rings. The van der Waals surface area contributed by atoms with Gasteiger partial charge in [0, 0.05) is 43.7 Å². The molecule has 1 fully saturated rings. The van der Waals surface area contributed by atoms with Crippen LogP contribution in [-0.4, -0.2) is 66.4 Å². The van der Waals surface area contributed by atoms with Gasteiger partial charge in [-0.1, -0.05) is 25.5 Å². The summed E-state index contributed by atoms with van der Waals surface area (Å²) in [4.78, 5) is 35.1. The molecule has 43 heavy (non-hydrogen) atoms. The van der Waals surface area contributed by atoms with Crippen LogP contribution in [0.4, 0.5) is 5.69 Å². The molecule has 2 aliphatic heterocycles. The zero-order valence-corrected chi connectivity index (χ0v) is 25.0. The predicted molar refractivity (Wildman–Crippen MR) is 160 cm³/mol. The molecule has 11 heteroatoms. The summed E-state index contributed by atoms with van der Waals surface area (Å²) in [6.45, 7) is 5.34. The fourth-order valence-corrected chi connectivity index (χ4v) is 6.17. The normalized spacial score (nSPS) is 19.5. The number of carboxylic acids is 1. The van der Waals surface area contributed by atoms with Crippen LogP contribution in [0.25, 0.3) is 0 Å². The highest BCUT2D eigenvalue weighted by atomic mass is 16.7. The summed E-state index contributed by atoms with van der Waals surface area (Å²) < 4.78 is 22.5. The van der Waals surface area contributed by atoms with Gasteiger partial charge in [0.05, 0.1) is 25.8 Å². The highest BCUT2D eigenvalue weighted by molar-refractivity contribution is 5.95. The maximum Gasteiger partial charge on any atom is 0.308 e. The Morgan fingerprint density at radius 2 is 2.07 bits per heavy atom. The van der Waals surface area contributed by atoms with Crippen LogP contribution in [0.5, 0.6) is 17.2 Å². The van der Waals surface area contributed by atoms with E-state index in [1.54, 1.807) is 18.2 Å². The molecule has 0 spiro atoms. The topological polar surface area (TPSA) is 141 Å². The first-order valence-electron chi connectivity index (χ1n) is 14.8. The lowest BCUT2D eigenvalue weighted by atomic mass is 9.83. The predicted octanol–water partition coefficient (Wildman–Crippen LogP) is 4.11. The summed E-state index contributed by atoms with van der Waals surface area (Å²) >= 11 is 0. The number of carbonyl (C=O) groups is 2. The highest BCUT2D eigenvalue weighted by Crippen LogP contribution is 2.47. The van der Waals surface area contributed by atoms with Crippen LogP contribution in [0, 0.1) is 12.8 Å². The summed E-state index contributed by atoms with van der Waals surface area (Å²) in [5.74, 6) is 0.519. The fraction of sp³-hybridized carbons (Fsp3) is 0.469. The van der Waals surface area contributed by atoms with Crippen molar-refractivity contribution < 1.29 is 33.3 Å². The van der Waals surface area contributed by atoms with Crippen LogP contribution in [0.1, 0.15) is 54.9 Å². The van der Waals surface area contributed by atoms with Crippen molar-refractivity contribution in [2.75, 3.05) is 38.4 Å². The number of unbranched alkanes of at least 4 members (excludes halogenated alkanes) is 1. The first-order chi connectivity index (χ1) is 20.8. The number of hydrogen-bond acceptors (Lipinski definition) is 9. The number of rotatable bonds is 13. The second kappa shape index (κ2) is 13.5. The molecule has 3 N–H and O–H groups in total. The van der Waals surface area contributed by atoms with E-state index in [1.165, 1.54) is 0 Å². The number of carbonyl (C=O) groups excluding carboxylic acids is 1. The Morgan fingerprint density at radius 1 is 1.23 bits per heavy atom. The van der Waals surface area contributed by atoms with Gasteiger partial charge in [-0.2, -0.15) is 0 Å². The van der Waals surface area contributed by atoms with E-state index in [4.69, 9.17) is 24.4 Å². The Labute approximate surface area is 251 Å². The van der Waals surface area contributed by atoms with Crippen molar-refractivity contribution in [1.82, 2.24) is 9.88 Å². The quantitative estimate of drug-likeness (QED) is 0.298. The molecular formula is C32H40N4O7. The van der Waals surface area contributed by atoms with Crippen molar-refractivity contribution in [1.29, 1.82) is 0 Å². The van der Waals surface area contributed by atoms with Gasteiger partial charge in [0.2, 0.25) is 18.4 Å². The zero-order chi connectivity index (χ0) is 30.5.